The van der Waals surface area contributed by atoms with Crippen molar-refractivity contribution in [2.75, 3.05) is 37.6 Å². The fourth-order valence-electron chi connectivity index (χ4n) is 3.81. The molecule has 0 aliphatic carbocycles. The SMILES string of the molecule is NC(Cc1c[nH]c2ccccc12)CN1CCN(c2ccccc2)CC1. The quantitative estimate of drug-likeness (QED) is 0.754. The van der Waals surface area contributed by atoms with Crippen molar-refractivity contribution in [1.29, 1.82) is 0 Å². The van der Waals surface area contributed by atoms with Crippen LogP contribution in [0.2, 0.25) is 0 Å². The first-order chi connectivity index (χ1) is 12.3. The van der Waals surface area contributed by atoms with Crippen molar-refractivity contribution in [1.82, 2.24) is 9.88 Å². The first kappa shape index (κ1) is 16.2. The highest BCUT2D eigenvalue weighted by Gasteiger charge is 2.19. The van der Waals surface area contributed by atoms with Gasteiger partial charge in [0.15, 0.2) is 0 Å². The number of aromatic amines is 1. The molecule has 1 atom stereocenters. The highest BCUT2D eigenvalue weighted by atomic mass is 15.3. The summed E-state index contributed by atoms with van der Waals surface area (Å²) in [6.45, 7) is 5.27. The number of H-pyrrole nitrogens is 1. The summed E-state index contributed by atoms with van der Waals surface area (Å²) in [5.41, 5.74) is 10.3. The Kier molecular flexibility index (Phi) is 4.72. The maximum atomic E-state index is 6.46. The van der Waals surface area contributed by atoms with Gasteiger partial charge in [-0.2, -0.15) is 0 Å². The molecule has 0 saturated carbocycles. The summed E-state index contributed by atoms with van der Waals surface area (Å²) < 4.78 is 0. The van der Waals surface area contributed by atoms with E-state index >= 15 is 0 Å². The number of fused-ring (bicyclic) bond motifs is 1. The molecular weight excluding hydrogens is 308 g/mol. The van der Waals surface area contributed by atoms with E-state index in [1.165, 1.54) is 22.2 Å². The number of nitrogens with zero attached hydrogens (tertiary/aromatic N) is 2. The molecule has 130 valence electrons. The molecule has 0 radical (unpaired) electrons. The minimum atomic E-state index is 0.169. The van der Waals surface area contributed by atoms with Crippen LogP contribution in [0.4, 0.5) is 5.69 Å². The van der Waals surface area contributed by atoms with Gasteiger partial charge < -0.3 is 15.6 Å². The monoisotopic (exact) mass is 334 g/mol. The second-order valence-corrected chi connectivity index (χ2v) is 6.95. The van der Waals surface area contributed by atoms with Crippen molar-refractivity contribution in [3.8, 4) is 0 Å². The van der Waals surface area contributed by atoms with Crippen LogP contribution in [0.25, 0.3) is 10.9 Å². The number of para-hydroxylation sites is 2. The summed E-state index contributed by atoms with van der Waals surface area (Å²) in [7, 11) is 0. The fourth-order valence-corrected chi connectivity index (χ4v) is 3.81. The molecule has 1 aliphatic rings. The van der Waals surface area contributed by atoms with Gasteiger partial charge in [0.25, 0.3) is 0 Å². The third-order valence-corrected chi connectivity index (χ3v) is 5.14. The molecule has 25 heavy (non-hydrogen) atoms. The third-order valence-electron chi connectivity index (χ3n) is 5.14. The predicted molar refractivity (Wildman–Crippen MR) is 105 cm³/mol. The van der Waals surface area contributed by atoms with Crippen molar-refractivity contribution in [3.63, 3.8) is 0 Å². The Labute approximate surface area is 149 Å². The molecule has 0 spiro atoms. The molecule has 4 nitrogen and oxygen atoms in total. The van der Waals surface area contributed by atoms with Gasteiger partial charge in [-0.15, -0.1) is 0 Å². The molecule has 2 aromatic carbocycles. The number of nitrogens with one attached hydrogen (secondary N) is 1. The molecule has 0 amide bonds. The second kappa shape index (κ2) is 7.30. The Morgan fingerprint density at radius 2 is 1.64 bits per heavy atom. The van der Waals surface area contributed by atoms with Crippen molar-refractivity contribution < 1.29 is 0 Å². The fraction of sp³-hybridized carbons (Fsp3) is 0.333. The van der Waals surface area contributed by atoms with E-state index in [9.17, 15) is 0 Å². The topological polar surface area (TPSA) is 48.3 Å². The highest BCUT2D eigenvalue weighted by Crippen LogP contribution is 2.19. The summed E-state index contributed by atoms with van der Waals surface area (Å²) in [6.07, 6.45) is 3.03. The maximum Gasteiger partial charge on any atom is 0.0456 e. The van der Waals surface area contributed by atoms with Gasteiger partial charge in [-0.1, -0.05) is 36.4 Å². The van der Waals surface area contributed by atoms with E-state index in [0.29, 0.717) is 0 Å². The number of rotatable bonds is 5. The smallest absolute Gasteiger partial charge is 0.0456 e. The third kappa shape index (κ3) is 3.70. The molecule has 4 heteroatoms. The lowest BCUT2D eigenvalue weighted by molar-refractivity contribution is 0.242. The lowest BCUT2D eigenvalue weighted by Gasteiger charge is -2.37. The van der Waals surface area contributed by atoms with Crippen molar-refractivity contribution in [2.24, 2.45) is 5.73 Å². The predicted octanol–water partition coefficient (Wildman–Crippen LogP) is 2.86. The number of hydrogen-bond donors (Lipinski definition) is 2. The van der Waals surface area contributed by atoms with E-state index in [1.54, 1.807) is 0 Å². The summed E-state index contributed by atoms with van der Waals surface area (Å²) in [5, 5.41) is 1.30. The lowest BCUT2D eigenvalue weighted by atomic mass is 10.0. The molecule has 1 saturated heterocycles. The van der Waals surface area contributed by atoms with Crippen LogP contribution in [-0.2, 0) is 6.42 Å². The molecule has 4 rings (SSSR count). The van der Waals surface area contributed by atoms with Crippen LogP contribution < -0.4 is 10.6 Å². The van der Waals surface area contributed by atoms with Gasteiger partial charge >= 0.3 is 0 Å². The molecular formula is C21H26N4. The first-order valence-electron chi connectivity index (χ1n) is 9.12. The standard InChI is InChI=1S/C21H26N4/c22-18(14-17-15-23-21-9-5-4-8-20(17)21)16-24-10-12-25(13-11-24)19-6-2-1-3-7-19/h1-9,15,18,23H,10-14,16,22H2. The lowest BCUT2D eigenvalue weighted by Crippen LogP contribution is -2.50. The van der Waals surface area contributed by atoms with E-state index in [1.807, 2.05) is 0 Å². The zero-order valence-electron chi connectivity index (χ0n) is 14.6. The van der Waals surface area contributed by atoms with Crippen LogP contribution in [0, 0.1) is 0 Å². The largest absolute Gasteiger partial charge is 0.369 e. The number of nitrogens with two attached hydrogens (primary N) is 1. The van der Waals surface area contributed by atoms with E-state index < -0.39 is 0 Å². The number of hydrogen-bond acceptors (Lipinski definition) is 3. The van der Waals surface area contributed by atoms with Gasteiger partial charge in [-0.25, -0.2) is 0 Å². The average Bonchev–Trinajstić information content (AvgIpc) is 3.06. The number of piperazine rings is 1. The van der Waals surface area contributed by atoms with Gasteiger partial charge in [0.05, 0.1) is 0 Å². The van der Waals surface area contributed by atoms with Gasteiger partial charge in [-0.3, -0.25) is 4.90 Å². The first-order valence-corrected chi connectivity index (χ1v) is 9.12. The van der Waals surface area contributed by atoms with Gasteiger partial charge in [0, 0.05) is 61.6 Å². The van der Waals surface area contributed by atoms with Crippen LogP contribution in [0.1, 0.15) is 5.56 Å². The minimum Gasteiger partial charge on any atom is -0.369 e. The highest BCUT2D eigenvalue weighted by molar-refractivity contribution is 5.83. The normalized spacial score (nSPS) is 17.1. The maximum absolute atomic E-state index is 6.46. The zero-order valence-corrected chi connectivity index (χ0v) is 14.6. The Bertz CT molecular complexity index is 803. The molecule has 1 fully saturated rings. The molecule has 3 aromatic rings. The van der Waals surface area contributed by atoms with Crippen LogP contribution in [0.3, 0.4) is 0 Å². The minimum absolute atomic E-state index is 0.169. The Hall–Kier alpha value is -2.30. The molecule has 3 N–H and O–H groups in total. The average molecular weight is 334 g/mol. The summed E-state index contributed by atoms with van der Waals surface area (Å²) in [4.78, 5) is 8.30. The summed E-state index contributed by atoms with van der Waals surface area (Å²) in [5.74, 6) is 0. The number of anilines is 1. The van der Waals surface area contributed by atoms with Crippen molar-refractivity contribution in [2.45, 2.75) is 12.5 Å². The van der Waals surface area contributed by atoms with Crippen LogP contribution in [-0.4, -0.2) is 48.6 Å². The van der Waals surface area contributed by atoms with Gasteiger partial charge in [0.1, 0.15) is 0 Å². The van der Waals surface area contributed by atoms with E-state index in [-0.39, 0.29) is 6.04 Å². The molecule has 0 bridgehead atoms. The Morgan fingerprint density at radius 3 is 2.44 bits per heavy atom. The molecule has 1 aromatic heterocycles. The Morgan fingerprint density at radius 1 is 0.920 bits per heavy atom. The number of aromatic nitrogens is 1. The van der Waals surface area contributed by atoms with Gasteiger partial charge in [-0.05, 0) is 30.2 Å². The van der Waals surface area contributed by atoms with Crippen LogP contribution in [0.15, 0.2) is 60.8 Å². The molecule has 1 unspecified atom stereocenters. The Balaban J connectivity index is 1.31. The van der Waals surface area contributed by atoms with E-state index in [0.717, 1.165) is 39.1 Å². The number of benzene rings is 2. The van der Waals surface area contributed by atoms with Crippen molar-refractivity contribution >= 4 is 16.6 Å². The molecule has 1 aliphatic heterocycles. The second-order valence-electron chi connectivity index (χ2n) is 6.95. The summed E-state index contributed by atoms with van der Waals surface area (Å²) in [6, 6.07) is 19.3. The van der Waals surface area contributed by atoms with E-state index in [2.05, 4.69) is 75.6 Å². The van der Waals surface area contributed by atoms with Gasteiger partial charge in [0.2, 0.25) is 0 Å². The zero-order chi connectivity index (χ0) is 17.1. The van der Waals surface area contributed by atoms with E-state index in [4.69, 9.17) is 5.73 Å². The van der Waals surface area contributed by atoms with Crippen LogP contribution >= 0.6 is 0 Å². The molecule has 2 heterocycles. The van der Waals surface area contributed by atoms with Crippen molar-refractivity contribution in [3.05, 3.63) is 66.4 Å². The van der Waals surface area contributed by atoms with Crippen LogP contribution in [0.5, 0.6) is 0 Å². The summed E-state index contributed by atoms with van der Waals surface area (Å²) >= 11 is 0.